The average molecular weight is 218 g/mol. The minimum Gasteiger partial charge on any atom is -0.471 e. The highest BCUT2D eigenvalue weighted by Crippen LogP contribution is 2.19. The van der Waals surface area contributed by atoms with Crippen LogP contribution in [0.25, 0.3) is 5.52 Å². The number of fused-ring (bicyclic) bond motifs is 1. The molecule has 0 bridgehead atoms. The van der Waals surface area contributed by atoms with Crippen LogP contribution >= 0.6 is 0 Å². The molecule has 0 amide bonds. The second-order valence-electron chi connectivity index (χ2n) is 4.08. The zero-order valence-electron chi connectivity index (χ0n) is 9.18. The highest BCUT2D eigenvalue weighted by molar-refractivity contribution is 5.56. The van der Waals surface area contributed by atoms with Crippen molar-refractivity contribution in [3.05, 3.63) is 24.2 Å². The fraction of sp³-hybridized carbons (Fsp3) is 0.455. The van der Waals surface area contributed by atoms with Crippen LogP contribution in [0.5, 0.6) is 5.88 Å². The van der Waals surface area contributed by atoms with Crippen LogP contribution in [-0.2, 0) is 0 Å². The number of aromatic nitrogens is 3. The summed E-state index contributed by atoms with van der Waals surface area (Å²) in [6.07, 6.45) is 4.82. The normalized spacial score (nSPS) is 20.4. The fourth-order valence-corrected chi connectivity index (χ4v) is 2.00. The minimum absolute atomic E-state index is 0.230. The number of hydrogen-bond donors (Lipinski definition) is 1. The third-order valence-electron chi connectivity index (χ3n) is 2.77. The Kier molecular flexibility index (Phi) is 2.25. The first kappa shape index (κ1) is 9.59. The monoisotopic (exact) mass is 218 g/mol. The van der Waals surface area contributed by atoms with Gasteiger partial charge in [0.05, 0.1) is 5.69 Å². The highest BCUT2D eigenvalue weighted by Gasteiger charge is 2.18. The topological polar surface area (TPSA) is 51.5 Å². The summed E-state index contributed by atoms with van der Waals surface area (Å²) in [6, 6.07) is 1.99. The van der Waals surface area contributed by atoms with Crippen LogP contribution in [0.4, 0.5) is 0 Å². The van der Waals surface area contributed by atoms with E-state index in [2.05, 4.69) is 15.4 Å². The molecule has 1 saturated heterocycles. The van der Waals surface area contributed by atoms with Crippen molar-refractivity contribution < 1.29 is 4.74 Å². The van der Waals surface area contributed by atoms with Crippen molar-refractivity contribution >= 4 is 5.52 Å². The van der Waals surface area contributed by atoms with E-state index in [0.717, 1.165) is 30.7 Å². The van der Waals surface area contributed by atoms with E-state index >= 15 is 0 Å². The number of aryl methyl sites for hydroxylation is 1. The lowest BCUT2D eigenvalue weighted by molar-refractivity contribution is 0.216. The average Bonchev–Trinajstić information content (AvgIpc) is 2.86. The largest absolute Gasteiger partial charge is 0.471 e. The molecule has 84 valence electrons. The Morgan fingerprint density at radius 2 is 2.50 bits per heavy atom. The Hall–Kier alpha value is -1.62. The van der Waals surface area contributed by atoms with Crippen molar-refractivity contribution in [1.82, 2.24) is 19.9 Å². The Morgan fingerprint density at radius 3 is 3.31 bits per heavy atom. The molecule has 0 spiro atoms. The molecule has 2 aromatic rings. The molecule has 3 rings (SSSR count). The second kappa shape index (κ2) is 3.75. The van der Waals surface area contributed by atoms with Crippen LogP contribution < -0.4 is 10.1 Å². The molecule has 0 saturated carbocycles. The lowest BCUT2D eigenvalue weighted by atomic mass is 10.3. The highest BCUT2D eigenvalue weighted by atomic mass is 16.5. The molecule has 2 aromatic heterocycles. The van der Waals surface area contributed by atoms with Crippen molar-refractivity contribution in [3.63, 3.8) is 0 Å². The predicted octanol–water partition coefficient (Wildman–Crippen LogP) is 0.778. The lowest BCUT2D eigenvalue weighted by Crippen LogP contribution is -2.20. The molecule has 0 radical (unpaired) electrons. The van der Waals surface area contributed by atoms with Crippen molar-refractivity contribution in [2.75, 3.05) is 13.1 Å². The summed E-state index contributed by atoms with van der Waals surface area (Å²) in [4.78, 5) is 4.27. The third-order valence-corrected chi connectivity index (χ3v) is 2.77. The van der Waals surface area contributed by atoms with Crippen molar-refractivity contribution in [2.45, 2.75) is 19.4 Å². The molecule has 1 unspecified atom stereocenters. The van der Waals surface area contributed by atoms with Gasteiger partial charge in [-0.05, 0) is 26.0 Å². The summed E-state index contributed by atoms with van der Waals surface area (Å²) in [5.74, 6) is 0.678. The van der Waals surface area contributed by atoms with E-state index < -0.39 is 0 Å². The Balaban J connectivity index is 1.95. The van der Waals surface area contributed by atoms with Crippen molar-refractivity contribution in [3.8, 4) is 5.88 Å². The van der Waals surface area contributed by atoms with E-state index in [1.807, 2.05) is 19.2 Å². The van der Waals surface area contributed by atoms with E-state index in [1.165, 1.54) is 0 Å². The molecule has 0 aliphatic carbocycles. The molecule has 1 fully saturated rings. The number of nitrogens with one attached hydrogen (secondary N) is 1. The van der Waals surface area contributed by atoms with Crippen LogP contribution in [0.3, 0.4) is 0 Å². The first-order valence-corrected chi connectivity index (χ1v) is 5.51. The molecular formula is C11H14N4O. The first-order valence-electron chi connectivity index (χ1n) is 5.51. The Bertz CT molecular complexity index is 502. The van der Waals surface area contributed by atoms with Crippen LogP contribution in [-0.4, -0.2) is 33.8 Å². The summed E-state index contributed by atoms with van der Waals surface area (Å²) in [6.45, 7) is 3.88. The number of hydrogen-bond acceptors (Lipinski definition) is 4. The standard InChI is InChI=1S/C11H14N4O/c1-8-6-10-11(13-4-5-15(10)14-8)16-9-2-3-12-7-9/h4-6,9,12H,2-3,7H2,1H3. The van der Waals surface area contributed by atoms with Crippen LogP contribution in [0, 0.1) is 6.92 Å². The SMILES string of the molecule is Cc1cc2c(OC3CCNC3)nccn2n1. The molecule has 1 atom stereocenters. The maximum Gasteiger partial charge on any atom is 0.240 e. The molecule has 5 heteroatoms. The Labute approximate surface area is 93.4 Å². The molecule has 16 heavy (non-hydrogen) atoms. The molecule has 1 N–H and O–H groups in total. The summed E-state index contributed by atoms with van der Waals surface area (Å²) in [5.41, 5.74) is 1.91. The van der Waals surface area contributed by atoms with Gasteiger partial charge >= 0.3 is 0 Å². The third kappa shape index (κ3) is 1.63. The van der Waals surface area contributed by atoms with Crippen LogP contribution in [0.1, 0.15) is 12.1 Å². The number of ether oxygens (including phenoxy) is 1. The maximum absolute atomic E-state index is 5.87. The maximum atomic E-state index is 5.87. The summed E-state index contributed by atoms with van der Waals surface area (Å²) in [5, 5.41) is 7.60. The van der Waals surface area contributed by atoms with Gasteiger partial charge in [-0.2, -0.15) is 5.10 Å². The van der Waals surface area contributed by atoms with Gasteiger partial charge in [-0.25, -0.2) is 9.50 Å². The van der Waals surface area contributed by atoms with Gasteiger partial charge in [-0.3, -0.25) is 0 Å². The number of rotatable bonds is 2. The summed E-state index contributed by atoms with van der Waals surface area (Å²) >= 11 is 0. The molecule has 1 aliphatic heterocycles. The van der Waals surface area contributed by atoms with Crippen molar-refractivity contribution in [1.29, 1.82) is 0 Å². The molecule has 3 heterocycles. The van der Waals surface area contributed by atoms with Gasteiger partial charge in [-0.15, -0.1) is 0 Å². The van der Waals surface area contributed by atoms with Gasteiger partial charge in [0.1, 0.15) is 11.6 Å². The van der Waals surface area contributed by atoms with Gasteiger partial charge < -0.3 is 10.1 Å². The molecule has 0 aromatic carbocycles. The van der Waals surface area contributed by atoms with Crippen LogP contribution in [0.15, 0.2) is 18.5 Å². The lowest BCUT2D eigenvalue weighted by Gasteiger charge is -2.11. The fourth-order valence-electron chi connectivity index (χ4n) is 2.00. The zero-order chi connectivity index (χ0) is 11.0. The first-order chi connectivity index (χ1) is 7.83. The van der Waals surface area contributed by atoms with E-state index in [9.17, 15) is 0 Å². The molecule has 5 nitrogen and oxygen atoms in total. The quantitative estimate of drug-likeness (QED) is 0.809. The number of nitrogens with zero attached hydrogens (tertiary/aromatic N) is 3. The minimum atomic E-state index is 0.230. The summed E-state index contributed by atoms with van der Waals surface area (Å²) < 4.78 is 7.67. The van der Waals surface area contributed by atoms with E-state index in [4.69, 9.17) is 4.74 Å². The van der Waals surface area contributed by atoms with Crippen LogP contribution in [0.2, 0.25) is 0 Å². The van der Waals surface area contributed by atoms with Gasteiger partial charge in [0.25, 0.3) is 0 Å². The second-order valence-corrected chi connectivity index (χ2v) is 4.08. The smallest absolute Gasteiger partial charge is 0.240 e. The van der Waals surface area contributed by atoms with Gasteiger partial charge in [0, 0.05) is 18.9 Å². The van der Waals surface area contributed by atoms with Gasteiger partial charge in [0.2, 0.25) is 5.88 Å². The van der Waals surface area contributed by atoms with E-state index in [1.54, 1.807) is 10.7 Å². The molecule has 1 aliphatic rings. The van der Waals surface area contributed by atoms with E-state index in [0.29, 0.717) is 5.88 Å². The molecular weight excluding hydrogens is 204 g/mol. The van der Waals surface area contributed by atoms with E-state index in [-0.39, 0.29) is 6.10 Å². The Morgan fingerprint density at radius 1 is 1.56 bits per heavy atom. The summed E-state index contributed by atoms with van der Waals surface area (Å²) in [7, 11) is 0. The van der Waals surface area contributed by atoms with Crippen molar-refractivity contribution in [2.24, 2.45) is 0 Å². The predicted molar refractivity (Wildman–Crippen MR) is 59.6 cm³/mol. The van der Waals surface area contributed by atoms with Gasteiger partial charge in [0.15, 0.2) is 0 Å². The van der Waals surface area contributed by atoms with Gasteiger partial charge in [-0.1, -0.05) is 0 Å². The zero-order valence-corrected chi connectivity index (χ0v) is 9.18.